The molecular weight excluding hydrogens is 312 g/mol. The average Bonchev–Trinajstić information content (AvgIpc) is 3.01. The topological polar surface area (TPSA) is 78.4 Å². The quantitative estimate of drug-likeness (QED) is 0.891. The van der Waals surface area contributed by atoms with Gasteiger partial charge in [-0.05, 0) is 32.9 Å². The summed E-state index contributed by atoms with van der Waals surface area (Å²) in [5.41, 5.74) is 1.09. The summed E-state index contributed by atoms with van der Waals surface area (Å²) in [5.74, 6) is 1.37. The fourth-order valence-electron chi connectivity index (χ4n) is 2.39. The number of carbonyl (C=O) groups is 1. The van der Waals surface area contributed by atoms with Crippen LogP contribution in [-0.4, -0.2) is 44.6 Å². The van der Waals surface area contributed by atoms with Crippen molar-refractivity contribution in [2.24, 2.45) is 5.16 Å². The van der Waals surface area contributed by atoms with E-state index in [-0.39, 0.29) is 11.4 Å². The lowest BCUT2D eigenvalue weighted by Crippen LogP contribution is -2.45. The van der Waals surface area contributed by atoms with Gasteiger partial charge in [-0.15, -0.1) is 0 Å². The predicted molar refractivity (Wildman–Crippen MR) is 90.0 cm³/mol. The van der Waals surface area contributed by atoms with Crippen molar-refractivity contribution < 1.29 is 23.8 Å². The van der Waals surface area contributed by atoms with Crippen molar-refractivity contribution in [1.82, 2.24) is 5.32 Å². The molecule has 1 N–H and O–H groups in total. The normalized spacial score (nSPS) is 16.9. The summed E-state index contributed by atoms with van der Waals surface area (Å²) in [5, 5.41) is 6.94. The lowest BCUT2D eigenvalue weighted by Gasteiger charge is -2.22. The SMILES string of the molecule is COc1cc(C2=NO[C@H](C(=O)NC(C)(C)C)C2)cc(OC)c1OC. The van der Waals surface area contributed by atoms with E-state index < -0.39 is 6.10 Å². The van der Waals surface area contributed by atoms with E-state index in [0.717, 1.165) is 5.56 Å². The molecule has 7 nitrogen and oxygen atoms in total. The van der Waals surface area contributed by atoms with Gasteiger partial charge in [0.1, 0.15) is 0 Å². The Bertz CT molecular complexity index is 624. The van der Waals surface area contributed by atoms with E-state index in [9.17, 15) is 4.79 Å². The van der Waals surface area contributed by atoms with Crippen LogP contribution in [0, 0.1) is 0 Å². The first kappa shape index (κ1) is 17.9. The van der Waals surface area contributed by atoms with Crippen LogP contribution in [0.3, 0.4) is 0 Å². The summed E-state index contributed by atoms with van der Waals surface area (Å²) in [4.78, 5) is 17.5. The van der Waals surface area contributed by atoms with E-state index in [1.165, 1.54) is 0 Å². The summed E-state index contributed by atoms with van der Waals surface area (Å²) in [7, 11) is 4.64. The first-order valence-corrected chi connectivity index (χ1v) is 7.64. The molecule has 2 rings (SSSR count). The van der Waals surface area contributed by atoms with Crippen molar-refractivity contribution in [2.75, 3.05) is 21.3 Å². The third-order valence-electron chi connectivity index (χ3n) is 3.46. The molecule has 0 fully saturated rings. The standard InChI is InChI=1S/C17H24N2O5/c1-17(2,3)18-16(20)14-9-11(19-24-14)10-7-12(21-4)15(23-6)13(8-10)22-5/h7-8,14H,9H2,1-6H3,(H,18,20)/t14-/m0/s1. The molecule has 0 aliphatic carbocycles. The molecular formula is C17H24N2O5. The fraction of sp³-hybridized carbons (Fsp3) is 0.529. The zero-order chi connectivity index (χ0) is 17.9. The first-order chi connectivity index (χ1) is 11.3. The minimum Gasteiger partial charge on any atom is -0.493 e. The molecule has 1 atom stereocenters. The highest BCUT2D eigenvalue weighted by Gasteiger charge is 2.31. The van der Waals surface area contributed by atoms with Crippen molar-refractivity contribution in [1.29, 1.82) is 0 Å². The van der Waals surface area contributed by atoms with Gasteiger partial charge in [-0.3, -0.25) is 4.79 Å². The van der Waals surface area contributed by atoms with Gasteiger partial charge >= 0.3 is 0 Å². The third kappa shape index (κ3) is 3.90. The molecule has 1 aromatic carbocycles. The zero-order valence-corrected chi connectivity index (χ0v) is 14.9. The van der Waals surface area contributed by atoms with E-state index in [4.69, 9.17) is 19.0 Å². The van der Waals surface area contributed by atoms with Crippen LogP contribution in [0.1, 0.15) is 32.8 Å². The van der Waals surface area contributed by atoms with Crippen LogP contribution < -0.4 is 19.5 Å². The number of methoxy groups -OCH3 is 3. The number of hydrogen-bond donors (Lipinski definition) is 1. The highest BCUT2D eigenvalue weighted by atomic mass is 16.6. The van der Waals surface area contributed by atoms with Gasteiger partial charge in [0.2, 0.25) is 11.9 Å². The van der Waals surface area contributed by atoms with E-state index in [1.807, 2.05) is 20.8 Å². The van der Waals surface area contributed by atoms with Crippen molar-refractivity contribution in [2.45, 2.75) is 38.8 Å². The Morgan fingerprint density at radius 3 is 2.21 bits per heavy atom. The lowest BCUT2D eigenvalue weighted by molar-refractivity contribution is -0.132. The van der Waals surface area contributed by atoms with Crippen molar-refractivity contribution in [3.05, 3.63) is 17.7 Å². The van der Waals surface area contributed by atoms with E-state index in [0.29, 0.717) is 29.4 Å². The maximum atomic E-state index is 12.2. The summed E-state index contributed by atoms with van der Waals surface area (Å²) >= 11 is 0. The molecule has 1 aliphatic rings. The second kappa shape index (κ2) is 6.98. The maximum absolute atomic E-state index is 12.2. The van der Waals surface area contributed by atoms with Crippen LogP contribution >= 0.6 is 0 Å². The Hall–Kier alpha value is -2.44. The Morgan fingerprint density at radius 1 is 1.17 bits per heavy atom. The van der Waals surface area contributed by atoms with E-state index in [2.05, 4.69) is 10.5 Å². The van der Waals surface area contributed by atoms with Crippen LogP contribution in [0.4, 0.5) is 0 Å². The number of nitrogens with zero attached hydrogens (tertiary/aromatic N) is 1. The molecule has 0 aromatic heterocycles. The molecule has 1 aliphatic heterocycles. The van der Waals surface area contributed by atoms with Gasteiger partial charge in [0, 0.05) is 17.5 Å². The number of oxime groups is 1. The van der Waals surface area contributed by atoms with Gasteiger partial charge in [0.05, 0.1) is 27.0 Å². The lowest BCUT2D eigenvalue weighted by atomic mass is 10.0. The van der Waals surface area contributed by atoms with Crippen LogP contribution in [0.15, 0.2) is 17.3 Å². The van der Waals surface area contributed by atoms with Gasteiger partial charge in [0.25, 0.3) is 5.91 Å². The highest BCUT2D eigenvalue weighted by Crippen LogP contribution is 2.39. The maximum Gasteiger partial charge on any atom is 0.264 e. The number of nitrogens with one attached hydrogen (secondary N) is 1. The van der Waals surface area contributed by atoms with Crippen LogP contribution in [0.25, 0.3) is 0 Å². The summed E-state index contributed by atoms with van der Waals surface area (Å²) in [6.45, 7) is 5.75. The predicted octanol–water partition coefficient (Wildman–Crippen LogP) is 2.12. The fourth-order valence-corrected chi connectivity index (χ4v) is 2.39. The monoisotopic (exact) mass is 336 g/mol. The number of benzene rings is 1. The van der Waals surface area contributed by atoms with Crippen LogP contribution in [-0.2, 0) is 9.63 Å². The smallest absolute Gasteiger partial charge is 0.264 e. The molecule has 0 radical (unpaired) electrons. The van der Waals surface area contributed by atoms with Gasteiger partial charge < -0.3 is 24.4 Å². The van der Waals surface area contributed by atoms with Crippen LogP contribution in [0.5, 0.6) is 17.2 Å². The zero-order valence-electron chi connectivity index (χ0n) is 14.9. The largest absolute Gasteiger partial charge is 0.493 e. The molecule has 7 heteroatoms. The Balaban J connectivity index is 2.20. The van der Waals surface area contributed by atoms with E-state index in [1.54, 1.807) is 33.5 Å². The molecule has 1 amide bonds. The molecule has 0 saturated heterocycles. The minimum absolute atomic E-state index is 0.186. The second-order valence-electron chi connectivity index (χ2n) is 6.49. The molecule has 0 unspecified atom stereocenters. The molecule has 1 heterocycles. The third-order valence-corrected chi connectivity index (χ3v) is 3.46. The van der Waals surface area contributed by atoms with Gasteiger partial charge in [-0.2, -0.15) is 0 Å². The Labute approximate surface area is 141 Å². The average molecular weight is 336 g/mol. The molecule has 132 valence electrons. The molecule has 0 spiro atoms. The Morgan fingerprint density at radius 2 is 1.75 bits per heavy atom. The second-order valence-corrected chi connectivity index (χ2v) is 6.49. The molecule has 1 aromatic rings. The number of carbonyl (C=O) groups excluding carboxylic acids is 1. The highest BCUT2D eigenvalue weighted by molar-refractivity contribution is 6.05. The van der Waals surface area contributed by atoms with E-state index >= 15 is 0 Å². The van der Waals surface area contributed by atoms with Crippen molar-refractivity contribution in [3.63, 3.8) is 0 Å². The number of amides is 1. The Kier molecular flexibility index (Phi) is 5.21. The van der Waals surface area contributed by atoms with Crippen LogP contribution in [0.2, 0.25) is 0 Å². The summed E-state index contributed by atoms with van der Waals surface area (Å²) in [6, 6.07) is 3.57. The van der Waals surface area contributed by atoms with Crippen molar-refractivity contribution >= 4 is 11.6 Å². The number of ether oxygens (including phenoxy) is 3. The molecule has 0 bridgehead atoms. The minimum atomic E-state index is -0.640. The summed E-state index contributed by atoms with van der Waals surface area (Å²) < 4.78 is 16.0. The van der Waals surface area contributed by atoms with Crippen molar-refractivity contribution in [3.8, 4) is 17.2 Å². The van der Waals surface area contributed by atoms with Gasteiger partial charge in [-0.1, -0.05) is 5.16 Å². The van der Waals surface area contributed by atoms with Gasteiger partial charge in [0.15, 0.2) is 11.5 Å². The number of hydrogen-bond acceptors (Lipinski definition) is 6. The molecule has 24 heavy (non-hydrogen) atoms. The first-order valence-electron chi connectivity index (χ1n) is 7.64. The van der Waals surface area contributed by atoms with Gasteiger partial charge in [-0.25, -0.2) is 0 Å². The number of rotatable bonds is 5. The summed E-state index contributed by atoms with van der Waals surface area (Å²) in [6.07, 6.45) is -0.265. The molecule has 0 saturated carbocycles.